The smallest absolute Gasteiger partial charge is 0.323 e. The van der Waals surface area contributed by atoms with Crippen LogP contribution in [0.25, 0.3) is 0 Å². The van der Waals surface area contributed by atoms with Crippen molar-refractivity contribution in [3.63, 3.8) is 0 Å². The molecule has 0 spiro atoms. The third-order valence-electron chi connectivity index (χ3n) is 2.96. The van der Waals surface area contributed by atoms with Crippen molar-refractivity contribution in [1.29, 1.82) is 0 Å². The van der Waals surface area contributed by atoms with E-state index in [1.54, 1.807) is 30.3 Å². The van der Waals surface area contributed by atoms with E-state index >= 15 is 0 Å². The number of nitrogens with one attached hydrogen (secondary N) is 2. The van der Waals surface area contributed by atoms with E-state index in [4.69, 9.17) is 16.3 Å². The minimum Gasteiger partial charge on any atom is -0.494 e. The van der Waals surface area contributed by atoms with E-state index in [0.717, 1.165) is 18.6 Å². The Morgan fingerprint density at radius 3 is 2.55 bits per heavy atom. The zero-order chi connectivity index (χ0) is 15.8. The number of amides is 2. The van der Waals surface area contributed by atoms with E-state index in [0.29, 0.717) is 23.0 Å². The van der Waals surface area contributed by atoms with Crippen molar-refractivity contribution < 1.29 is 9.53 Å². The first kappa shape index (κ1) is 16.2. The summed E-state index contributed by atoms with van der Waals surface area (Å²) in [6, 6.07) is 14.0. The Hall–Kier alpha value is -2.20. The van der Waals surface area contributed by atoms with Gasteiger partial charge in [-0.05, 0) is 42.8 Å². The van der Waals surface area contributed by atoms with E-state index in [1.807, 2.05) is 18.2 Å². The van der Waals surface area contributed by atoms with Crippen molar-refractivity contribution in [3.05, 3.63) is 53.6 Å². The van der Waals surface area contributed by atoms with Crippen molar-refractivity contribution in [1.82, 2.24) is 0 Å². The summed E-state index contributed by atoms with van der Waals surface area (Å²) >= 11 is 5.81. The molecule has 22 heavy (non-hydrogen) atoms. The maximum absolute atomic E-state index is 11.9. The first-order valence-corrected chi connectivity index (χ1v) is 7.61. The van der Waals surface area contributed by atoms with Gasteiger partial charge in [0, 0.05) is 22.5 Å². The number of halogens is 1. The fourth-order valence-corrected chi connectivity index (χ4v) is 1.95. The monoisotopic (exact) mass is 318 g/mol. The molecule has 0 radical (unpaired) electrons. The van der Waals surface area contributed by atoms with Crippen LogP contribution in [-0.4, -0.2) is 12.6 Å². The Kier molecular flexibility index (Phi) is 6.10. The Morgan fingerprint density at radius 1 is 1.09 bits per heavy atom. The molecule has 0 aromatic heterocycles. The molecule has 0 atom stereocenters. The van der Waals surface area contributed by atoms with Crippen LogP contribution >= 0.6 is 11.6 Å². The zero-order valence-electron chi connectivity index (χ0n) is 12.4. The van der Waals surface area contributed by atoms with Gasteiger partial charge >= 0.3 is 6.03 Å². The normalized spacial score (nSPS) is 10.1. The van der Waals surface area contributed by atoms with Crippen molar-refractivity contribution in [3.8, 4) is 5.75 Å². The van der Waals surface area contributed by atoms with Crippen LogP contribution in [0.3, 0.4) is 0 Å². The van der Waals surface area contributed by atoms with E-state index < -0.39 is 0 Å². The second-order valence-corrected chi connectivity index (χ2v) is 5.25. The number of rotatable bonds is 6. The van der Waals surface area contributed by atoms with Crippen LogP contribution in [-0.2, 0) is 0 Å². The lowest BCUT2D eigenvalue weighted by molar-refractivity contribution is 0.262. The molecule has 0 saturated carbocycles. The largest absolute Gasteiger partial charge is 0.494 e. The highest BCUT2D eigenvalue weighted by atomic mass is 35.5. The molecule has 2 N–H and O–H groups in total. The average molecular weight is 319 g/mol. The fourth-order valence-electron chi connectivity index (χ4n) is 1.82. The molecule has 2 amide bonds. The first-order chi connectivity index (χ1) is 10.7. The molecule has 2 aromatic carbocycles. The van der Waals surface area contributed by atoms with Gasteiger partial charge in [-0.1, -0.05) is 31.0 Å². The van der Waals surface area contributed by atoms with Crippen LogP contribution in [0.2, 0.25) is 5.02 Å². The second-order valence-electron chi connectivity index (χ2n) is 4.82. The lowest BCUT2D eigenvalue weighted by Crippen LogP contribution is -2.19. The quantitative estimate of drug-likeness (QED) is 0.722. The summed E-state index contributed by atoms with van der Waals surface area (Å²) in [6.07, 6.45) is 2.09. The van der Waals surface area contributed by atoms with Gasteiger partial charge in [0.15, 0.2) is 0 Å². The van der Waals surface area contributed by atoms with Crippen LogP contribution in [0.1, 0.15) is 19.8 Å². The highest BCUT2D eigenvalue weighted by molar-refractivity contribution is 6.30. The molecular weight excluding hydrogens is 300 g/mol. The summed E-state index contributed by atoms with van der Waals surface area (Å²) in [6.45, 7) is 2.79. The number of ether oxygens (including phenoxy) is 1. The molecule has 4 nitrogen and oxygen atoms in total. The number of benzene rings is 2. The van der Waals surface area contributed by atoms with Crippen molar-refractivity contribution >= 4 is 29.0 Å². The van der Waals surface area contributed by atoms with Gasteiger partial charge in [-0.25, -0.2) is 4.79 Å². The Labute approximate surface area is 135 Å². The van der Waals surface area contributed by atoms with Gasteiger partial charge in [-0.2, -0.15) is 0 Å². The Balaban J connectivity index is 1.90. The van der Waals surface area contributed by atoms with E-state index in [9.17, 15) is 4.79 Å². The molecule has 0 heterocycles. The third-order valence-corrected chi connectivity index (χ3v) is 3.21. The number of hydrogen-bond donors (Lipinski definition) is 2. The van der Waals surface area contributed by atoms with Gasteiger partial charge < -0.3 is 15.4 Å². The molecule has 0 saturated heterocycles. The summed E-state index contributed by atoms with van der Waals surface area (Å²) < 4.78 is 5.61. The Bertz CT molecular complexity index is 614. The molecule has 0 aliphatic carbocycles. The summed E-state index contributed by atoms with van der Waals surface area (Å²) in [5.74, 6) is 0.748. The SMILES string of the molecule is CCCCOc1cccc(NC(=O)Nc2ccc(Cl)cc2)c1. The lowest BCUT2D eigenvalue weighted by Gasteiger charge is -2.10. The number of carbonyl (C=O) groups is 1. The molecule has 2 aromatic rings. The summed E-state index contributed by atoms with van der Waals surface area (Å²) in [5.41, 5.74) is 1.36. The van der Waals surface area contributed by atoms with Crippen LogP contribution in [0.5, 0.6) is 5.75 Å². The first-order valence-electron chi connectivity index (χ1n) is 7.24. The molecule has 0 aliphatic rings. The second kappa shape index (κ2) is 8.29. The minimum atomic E-state index is -0.312. The molecule has 2 rings (SSSR count). The molecule has 0 unspecified atom stereocenters. The van der Waals surface area contributed by atoms with E-state index in [-0.39, 0.29) is 6.03 Å². The molecule has 5 heteroatoms. The Morgan fingerprint density at radius 2 is 1.82 bits per heavy atom. The summed E-state index contributed by atoms with van der Waals surface area (Å²) in [4.78, 5) is 11.9. The number of urea groups is 1. The average Bonchev–Trinajstić information content (AvgIpc) is 2.50. The standard InChI is InChI=1S/C17H19ClN2O2/c1-2-3-11-22-16-6-4-5-15(12-16)20-17(21)19-14-9-7-13(18)8-10-14/h4-10,12H,2-3,11H2,1H3,(H2,19,20,21). The topological polar surface area (TPSA) is 50.4 Å². The van der Waals surface area contributed by atoms with Crippen molar-refractivity contribution in [2.24, 2.45) is 0 Å². The van der Waals surface area contributed by atoms with Gasteiger partial charge in [-0.15, -0.1) is 0 Å². The molecular formula is C17H19ClN2O2. The van der Waals surface area contributed by atoms with Gasteiger partial charge in [0.25, 0.3) is 0 Å². The highest BCUT2D eigenvalue weighted by Crippen LogP contribution is 2.18. The van der Waals surface area contributed by atoms with E-state index in [2.05, 4.69) is 17.6 Å². The maximum Gasteiger partial charge on any atom is 0.323 e. The molecule has 116 valence electrons. The summed E-state index contributed by atoms with van der Waals surface area (Å²) in [5, 5.41) is 6.14. The van der Waals surface area contributed by atoms with Crippen molar-refractivity contribution in [2.75, 3.05) is 17.2 Å². The number of anilines is 2. The predicted molar refractivity (Wildman–Crippen MR) is 90.9 cm³/mol. The predicted octanol–water partition coefficient (Wildman–Crippen LogP) is 5.16. The number of unbranched alkanes of at least 4 members (excludes halogenated alkanes) is 1. The van der Waals surface area contributed by atoms with Crippen LogP contribution in [0.15, 0.2) is 48.5 Å². The highest BCUT2D eigenvalue weighted by Gasteiger charge is 2.04. The fraction of sp³-hybridized carbons (Fsp3) is 0.235. The van der Waals surface area contributed by atoms with Crippen LogP contribution in [0, 0.1) is 0 Å². The van der Waals surface area contributed by atoms with Crippen LogP contribution in [0.4, 0.5) is 16.2 Å². The van der Waals surface area contributed by atoms with Gasteiger partial charge in [-0.3, -0.25) is 0 Å². The van der Waals surface area contributed by atoms with Crippen molar-refractivity contribution in [2.45, 2.75) is 19.8 Å². The summed E-state index contributed by atoms with van der Waals surface area (Å²) in [7, 11) is 0. The third kappa shape index (κ3) is 5.30. The van der Waals surface area contributed by atoms with Gasteiger partial charge in [0.2, 0.25) is 0 Å². The number of hydrogen-bond acceptors (Lipinski definition) is 2. The zero-order valence-corrected chi connectivity index (χ0v) is 13.2. The van der Waals surface area contributed by atoms with Gasteiger partial charge in [0.05, 0.1) is 6.61 Å². The number of carbonyl (C=O) groups excluding carboxylic acids is 1. The minimum absolute atomic E-state index is 0.312. The lowest BCUT2D eigenvalue weighted by atomic mass is 10.3. The van der Waals surface area contributed by atoms with Gasteiger partial charge in [0.1, 0.15) is 5.75 Å². The molecule has 0 fully saturated rings. The molecule has 0 aliphatic heterocycles. The molecule has 0 bridgehead atoms. The maximum atomic E-state index is 11.9. The van der Waals surface area contributed by atoms with Crippen LogP contribution < -0.4 is 15.4 Å². The van der Waals surface area contributed by atoms with E-state index in [1.165, 1.54) is 0 Å².